The van der Waals surface area contributed by atoms with Gasteiger partial charge in [0.1, 0.15) is 5.78 Å². The monoisotopic (exact) mass is 188 g/mol. The Kier molecular flexibility index (Phi) is 7.20. The number of carbonyl (C=O) groups is 2. The van der Waals surface area contributed by atoms with Gasteiger partial charge in [0, 0.05) is 20.0 Å². The molecule has 0 unspecified atom stereocenters. The Morgan fingerprint density at radius 2 is 2.00 bits per heavy atom. The molecule has 0 aromatic rings. The van der Waals surface area contributed by atoms with Gasteiger partial charge in [-0.2, -0.15) is 0 Å². The number of carbonyl (C=O) groups excluding carboxylic acids is 1. The molecule has 1 aliphatic rings. The second-order valence-electron chi connectivity index (χ2n) is 2.88. The topological polar surface area (TPSA) is 63.6 Å². The summed E-state index contributed by atoms with van der Waals surface area (Å²) in [5.74, 6) is -0.364. The molecule has 4 nitrogen and oxygen atoms in total. The Morgan fingerprint density at radius 3 is 2.15 bits per heavy atom. The summed E-state index contributed by atoms with van der Waals surface area (Å²) in [6.45, 7) is 0.301. The summed E-state index contributed by atoms with van der Waals surface area (Å²) in [6, 6.07) is 0. The molecule has 0 atom stereocenters. The van der Waals surface area contributed by atoms with E-state index in [9.17, 15) is 9.59 Å². The van der Waals surface area contributed by atoms with Crippen molar-refractivity contribution in [3.63, 3.8) is 0 Å². The molecule has 0 aliphatic heterocycles. The van der Waals surface area contributed by atoms with Crippen LogP contribution in [0.3, 0.4) is 0 Å². The van der Waals surface area contributed by atoms with E-state index < -0.39 is 5.97 Å². The summed E-state index contributed by atoms with van der Waals surface area (Å²) >= 11 is 0. The fourth-order valence-electron chi connectivity index (χ4n) is 0.959. The van der Waals surface area contributed by atoms with E-state index in [0.717, 1.165) is 25.7 Å². The Bertz CT molecular complexity index is 157. The van der Waals surface area contributed by atoms with Crippen molar-refractivity contribution >= 4 is 11.8 Å². The molecule has 1 saturated carbocycles. The van der Waals surface area contributed by atoms with Crippen molar-refractivity contribution in [1.82, 2.24) is 0 Å². The van der Waals surface area contributed by atoms with Crippen molar-refractivity contribution in [3.8, 4) is 0 Å². The Labute approximate surface area is 77.9 Å². The molecule has 0 bridgehead atoms. The highest BCUT2D eigenvalue weighted by atomic mass is 16.5. The Balaban J connectivity index is 0.000000223. The number of aliphatic carboxylic acids is 1. The number of hydrogen-bond donors (Lipinski definition) is 1. The van der Waals surface area contributed by atoms with Crippen molar-refractivity contribution in [2.45, 2.75) is 32.1 Å². The average molecular weight is 188 g/mol. The fraction of sp³-hybridized carbons (Fsp3) is 0.778. The van der Waals surface area contributed by atoms with Crippen LogP contribution in [0.4, 0.5) is 0 Å². The Morgan fingerprint density at radius 1 is 1.46 bits per heavy atom. The van der Waals surface area contributed by atoms with E-state index in [0.29, 0.717) is 12.4 Å². The van der Waals surface area contributed by atoms with Crippen LogP contribution in [0.1, 0.15) is 32.1 Å². The molecule has 0 saturated heterocycles. The molecule has 4 heteroatoms. The largest absolute Gasteiger partial charge is 0.481 e. The zero-order chi connectivity index (χ0) is 10.1. The van der Waals surface area contributed by atoms with Gasteiger partial charge >= 0.3 is 5.97 Å². The number of ether oxygens (including phenoxy) is 1. The van der Waals surface area contributed by atoms with Gasteiger partial charge in [-0.25, -0.2) is 0 Å². The van der Waals surface area contributed by atoms with Crippen LogP contribution in [0, 0.1) is 0 Å². The third-order valence-electron chi connectivity index (χ3n) is 1.68. The molecule has 1 fully saturated rings. The lowest BCUT2D eigenvalue weighted by Crippen LogP contribution is -1.99. The molecule has 0 heterocycles. The summed E-state index contributed by atoms with van der Waals surface area (Å²) < 4.78 is 4.47. The predicted octanol–water partition coefficient (Wildman–Crippen LogP) is 1.24. The first-order valence-corrected chi connectivity index (χ1v) is 4.39. The molecule has 1 aliphatic carbocycles. The quantitative estimate of drug-likeness (QED) is 0.723. The van der Waals surface area contributed by atoms with E-state index in [4.69, 9.17) is 5.11 Å². The third-order valence-corrected chi connectivity index (χ3v) is 1.68. The SMILES string of the molecule is COCCC(=O)O.O=C1CCCC1. The molecule has 0 radical (unpaired) electrons. The van der Waals surface area contributed by atoms with E-state index in [1.807, 2.05) is 0 Å². The highest BCUT2D eigenvalue weighted by Gasteiger charge is 2.07. The molecular weight excluding hydrogens is 172 g/mol. The van der Waals surface area contributed by atoms with Gasteiger partial charge in [-0.1, -0.05) is 0 Å². The second-order valence-corrected chi connectivity index (χ2v) is 2.88. The minimum absolute atomic E-state index is 0.0938. The zero-order valence-corrected chi connectivity index (χ0v) is 7.91. The maximum Gasteiger partial charge on any atom is 0.305 e. The van der Waals surface area contributed by atoms with Gasteiger partial charge in [-0.15, -0.1) is 0 Å². The number of carboxylic acids is 1. The number of carboxylic acid groups (broad SMARTS) is 1. The molecule has 76 valence electrons. The standard InChI is InChI=1S/C5H8O.C4H8O3/c6-5-3-1-2-4-5;1-7-3-2-4(5)6/h1-4H2;2-3H2,1H3,(H,5,6). The number of rotatable bonds is 3. The lowest BCUT2D eigenvalue weighted by atomic mass is 10.4. The molecule has 0 spiro atoms. The van der Waals surface area contributed by atoms with Gasteiger partial charge in [-0.05, 0) is 12.8 Å². The van der Waals surface area contributed by atoms with Gasteiger partial charge in [0.25, 0.3) is 0 Å². The molecule has 0 aromatic carbocycles. The van der Waals surface area contributed by atoms with Crippen LogP contribution in [0.2, 0.25) is 0 Å². The van der Waals surface area contributed by atoms with Gasteiger partial charge in [-0.3, -0.25) is 9.59 Å². The fourth-order valence-corrected chi connectivity index (χ4v) is 0.959. The van der Waals surface area contributed by atoms with Crippen LogP contribution in [0.15, 0.2) is 0 Å². The van der Waals surface area contributed by atoms with E-state index >= 15 is 0 Å². The van der Waals surface area contributed by atoms with Crippen molar-refractivity contribution in [2.24, 2.45) is 0 Å². The smallest absolute Gasteiger partial charge is 0.305 e. The van der Waals surface area contributed by atoms with E-state index in [2.05, 4.69) is 4.74 Å². The van der Waals surface area contributed by atoms with Crippen LogP contribution in [-0.4, -0.2) is 30.6 Å². The first kappa shape index (κ1) is 12.1. The summed E-state index contributed by atoms with van der Waals surface area (Å²) in [4.78, 5) is 19.9. The normalized spacial score (nSPS) is 15.0. The lowest BCUT2D eigenvalue weighted by molar-refractivity contribution is -0.138. The highest BCUT2D eigenvalue weighted by Crippen LogP contribution is 2.11. The maximum atomic E-state index is 10.2. The molecule has 0 amide bonds. The predicted molar refractivity (Wildman–Crippen MR) is 47.6 cm³/mol. The van der Waals surface area contributed by atoms with Crippen LogP contribution >= 0.6 is 0 Å². The third kappa shape index (κ3) is 9.01. The van der Waals surface area contributed by atoms with E-state index in [1.165, 1.54) is 7.11 Å². The van der Waals surface area contributed by atoms with Crippen LogP contribution in [0.5, 0.6) is 0 Å². The second kappa shape index (κ2) is 7.73. The van der Waals surface area contributed by atoms with Gasteiger partial charge in [0.05, 0.1) is 13.0 Å². The first-order chi connectivity index (χ1) is 6.16. The van der Waals surface area contributed by atoms with Gasteiger partial charge < -0.3 is 9.84 Å². The van der Waals surface area contributed by atoms with Crippen LogP contribution in [-0.2, 0) is 14.3 Å². The zero-order valence-electron chi connectivity index (χ0n) is 7.91. The summed E-state index contributed by atoms with van der Waals surface area (Å²) in [7, 11) is 1.48. The molecule has 13 heavy (non-hydrogen) atoms. The average Bonchev–Trinajstić information content (AvgIpc) is 2.53. The summed E-state index contributed by atoms with van der Waals surface area (Å²) in [5.41, 5.74) is 0. The highest BCUT2D eigenvalue weighted by molar-refractivity contribution is 5.80. The van der Waals surface area contributed by atoms with Crippen molar-refractivity contribution in [1.29, 1.82) is 0 Å². The minimum Gasteiger partial charge on any atom is -0.481 e. The number of hydrogen-bond acceptors (Lipinski definition) is 3. The van der Waals surface area contributed by atoms with Crippen molar-refractivity contribution in [2.75, 3.05) is 13.7 Å². The summed E-state index contributed by atoms with van der Waals surface area (Å²) in [5, 5.41) is 7.96. The van der Waals surface area contributed by atoms with Crippen LogP contribution in [0.25, 0.3) is 0 Å². The van der Waals surface area contributed by atoms with Crippen molar-refractivity contribution < 1.29 is 19.4 Å². The summed E-state index contributed by atoms with van der Waals surface area (Å²) in [6.07, 6.45) is 4.06. The molecule has 0 aromatic heterocycles. The minimum atomic E-state index is -0.818. The van der Waals surface area contributed by atoms with Crippen LogP contribution < -0.4 is 0 Å². The molecular formula is C9H16O4. The van der Waals surface area contributed by atoms with Gasteiger partial charge in [0.15, 0.2) is 0 Å². The van der Waals surface area contributed by atoms with Crippen molar-refractivity contribution in [3.05, 3.63) is 0 Å². The molecule has 1 N–H and O–H groups in total. The first-order valence-electron chi connectivity index (χ1n) is 4.39. The number of Topliss-reactive ketones (excluding diaryl/α,β-unsaturated/α-hetero) is 1. The number of methoxy groups -OCH3 is 1. The Hall–Kier alpha value is -0.900. The lowest BCUT2D eigenvalue weighted by Gasteiger charge is -1.88. The number of ketones is 1. The molecule has 1 rings (SSSR count). The van der Waals surface area contributed by atoms with Gasteiger partial charge in [0.2, 0.25) is 0 Å². The van der Waals surface area contributed by atoms with E-state index in [1.54, 1.807) is 0 Å². The van der Waals surface area contributed by atoms with E-state index in [-0.39, 0.29) is 6.42 Å². The maximum absolute atomic E-state index is 10.2.